The minimum atomic E-state index is 0.189. The Kier molecular flexibility index (Phi) is 14.1. The lowest BCUT2D eigenvalue weighted by Gasteiger charge is -2.04. The standard InChI is InChI=1S/C12H24O4/c1-2-7-14-8-3-4-9-15-10-5-11-16-12-6-13/h6H,2-5,7-12H2,1H3. The number of unbranched alkanes of at least 4 members (excludes halogenated alkanes) is 1. The summed E-state index contributed by atoms with van der Waals surface area (Å²) in [6, 6.07) is 0. The highest BCUT2D eigenvalue weighted by Crippen LogP contribution is 1.93. The topological polar surface area (TPSA) is 44.8 Å². The van der Waals surface area contributed by atoms with E-state index in [1.165, 1.54) is 0 Å². The molecule has 0 aromatic heterocycles. The summed E-state index contributed by atoms with van der Waals surface area (Å²) in [6.45, 7) is 6.06. The average molecular weight is 232 g/mol. The molecule has 16 heavy (non-hydrogen) atoms. The molecule has 0 spiro atoms. The molecule has 0 aliphatic heterocycles. The zero-order valence-electron chi connectivity index (χ0n) is 10.3. The summed E-state index contributed by atoms with van der Waals surface area (Å²) in [4.78, 5) is 9.92. The predicted molar refractivity (Wildman–Crippen MR) is 62.7 cm³/mol. The molecule has 0 bridgehead atoms. The van der Waals surface area contributed by atoms with Gasteiger partial charge in [0.2, 0.25) is 0 Å². The van der Waals surface area contributed by atoms with Crippen molar-refractivity contribution in [2.45, 2.75) is 32.6 Å². The molecule has 0 N–H and O–H groups in total. The molecule has 4 heteroatoms. The van der Waals surface area contributed by atoms with Crippen molar-refractivity contribution in [3.63, 3.8) is 0 Å². The maximum Gasteiger partial charge on any atom is 0.145 e. The van der Waals surface area contributed by atoms with Crippen molar-refractivity contribution in [1.82, 2.24) is 0 Å². The molecule has 0 aliphatic rings. The van der Waals surface area contributed by atoms with Gasteiger partial charge in [0.25, 0.3) is 0 Å². The highest BCUT2D eigenvalue weighted by Gasteiger charge is 1.92. The summed E-state index contributed by atoms with van der Waals surface area (Å²) >= 11 is 0. The Labute approximate surface area is 98.3 Å². The third kappa shape index (κ3) is 13.5. The Bertz CT molecular complexity index is 139. The molecule has 0 saturated carbocycles. The van der Waals surface area contributed by atoms with Gasteiger partial charge in [0.15, 0.2) is 0 Å². The van der Waals surface area contributed by atoms with E-state index in [1.807, 2.05) is 0 Å². The third-order valence-electron chi connectivity index (χ3n) is 1.94. The van der Waals surface area contributed by atoms with Crippen LogP contribution in [0.5, 0.6) is 0 Å². The molecule has 0 aliphatic carbocycles. The van der Waals surface area contributed by atoms with Gasteiger partial charge in [-0.3, -0.25) is 0 Å². The minimum Gasteiger partial charge on any atom is -0.381 e. The summed E-state index contributed by atoms with van der Waals surface area (Å²) in [5, 5.41) is 0. The summed E-state index contributed by atoms with van der Waals surface area (Å²) in [6.07, 6.45) is 4.79. The van der Waals surface area contributed by atoms with Crippen LogP contribution in [-0.4, -0.2) is 45.9 Å². The van der Waals surface area contributed by atoms with Crippen molar-refractivity contribution in [1.29, 1.82) is 0 Å². The van der Waals surface area contributed by atoms with E-state index in [2.05, 4.69) is 6.92 Å². The first kappa shape index (κ1) is 15.6. The molecule has 0 atom stereocenters. The molecular weight excluding hydrogens is 208 g/mol. The molecule has 0 fully saturated rings. The van der Waals surface area contributed by atoms with E-state index in [9.17, 15) is 4.79 Å². The van der Waals surface area contributed by atoms with E-state index < -0.39 is 0 Å². The fraction of sp³-hybridized carbons (Fsp3) is 0.917. The first-order chi connectivity index (χ1) is 7.91. The van der Waals surface area contributed by atoms with Crippen molar-refractivity contribution in [2.75, 3.05) is 39.6 Å². The molecular formula is C12H24O4. The molecule has 0 amide bonds. The molecule has 0 aromatic rings. The van der Waals surface area contributed by atoms with Crippen LogP contribution in [0.15, 0.2) is 0 Å². The maximum atomic E-state index is 9.92. The molecule has 0 heterocycles. The Balaban J connectivity index is 2.85. The van der Waals surface area contributed by atoms with Gasteiger partial charge in [0.1, 0.15) is 12.9 Å². The highest BCUT2D eigenvalue weighted by atomic mass is 16.5. The quantitative estimate of drug-likeness (QED) is 0.359. The number of rotatable bonds is 13. The molecule has 0 rings (SSSR count). The first-order valence-corrected chi connectivity index (χ1v) is 6.08. The number of hydrogen-bond acceptors (Lipinski definition) is 4. The Morgan fingerprint density at radius 2 is 1.38 bits per heavy atom. The Hall–Kier alpha value is -0.450. The van der Waals surface area contributed by atoms with Crippen LogP contribution in [0.25, 0.3) is 0 Å². The summed E-state index contributed by atoms with van der Waals surface area (Å²) in [7, 11) is 0. The lowest BCUT2D eigenvalue weighted by molar-refractivity contribution is -0.112. The van der Waals surface area contributed by atoms with Crippen molar-refractivity contribution in [3.8, 4) is 0 Å². The molecule has 0 saturated heterocycles. The SMILES string of the molecule is CCCOCCCCOCCCOCC=O. The van der Waals surface area contributed by atoms with Crippen molar-refractivity contribution >= 4 is 6.29 Å². The monoisotopic (exact) mass is 232 g/mol. The lowest BCUT2D eigenvalue weighted by atomic mass is 10.3. The number of aldehydes is 1. The van der Waals surface area contributed by atoms with Crippen LogP contribution in [-0.2, 0) is 19.0 Å². The van der Waals surface area contributed by atoms with Crippen LogP contribution in [0.2, 0.25) is 0 Å². The van der Waals surface area contributed by atoms with E-state index in [4.69, 9.17) is 14.2 Å². The van der Waals surface area contributed by atoms with Crippen LogP contribution in [0.3, 0.4) is 0 Å². The molecule has 0 aromatic carbocycles. The van der Waals surface area contributed by atoms with Gasteiger partial charge in [0, 0.05) is 33.0 Å². The summed E-state index contributed by atoms with van der Waals surface area (Å²) in [5.74, 6) is 0. The van der Waals surface area contributed by atoms with E-state index in [-0.39, 0.29) is 6.61 Å². The number of hydrogen-bond donors (Lipinski definition) is 0. The summed E-state index contributed by atoms with van der Waals surface area (Å²) in [5.41, 5.74) is 0. The molecule has 96 valence electrons. The Morgan fingerprint density at radius 1 is 0.812 bits per heavy atom. The van der Waals surface area contributed by atoms with Crippen molar-refractivity contribution in [2.24, 2.45) is 0 Å². The summed E-state index contributed by atoms with van der Waals surface area (Å²) < 4.78 is 15.7. The van der Waals surface area contributed by atoms with Crippen LogP contribution in [0.1, 0.15) is 32.6 Å². The van der Waals surface area contributed by atoms with Gasteiger partial charge >= 0.3 is 0 Å². The zero-order chi connectivity index (χ0) is 11.9. The first-order valence-electron chi connectivity index (χ1n) is 6.08. The molecule has 4 nitrogen and oxygen atoms in total. The van der Waals surface area contributed by atoms with Crippen molar-refractivity contribution in [3.05, 3.63) is 0 Å². The minimum absolute atomic E-state index is 0.189. The van der Waals surface area contributed by atoms with Crippen LogP contribution in [0, 0.1) is 0 Å². The van der Waals surface area contributed by atoms with Gasteiger partial charge in [-0.15, -0.1) is 0 Å². The van der Waals surface area contributed by atoms with Crippen LogP contribution >= 0.6 is 0 Å². The van der Waals surface area contributed by atoms with Crippen LogP contribution < -0.4 is 0 Å². The lowest BCUT2D eigenvalue weighted by Crippen LogP contribution is -2.04. The third-order valence-corrected chi connectivity index (χ3v) is 1.94. The second kappa shape index (κ2) is 14.6. The largest absolute Gasteiger partial charge is 0.381 e. The van der Waals surface area contributed by atoms with Crippen molar-refractivity contribution < 1.29 is 19.0 Å². The normalized spacial score (nSPS) is 10.6. The van der Waals surface area contributed by atoms with E-state index in [0.717, 1.165) is 51.8 Å². The van der Waals surface area contributed by atoms with E-state index in [0.29, 0.717) is 13.2 Å². The van der Waals surface area contributed by atoms with Gasteiger partial charge in [-0.25, -0.2) is 0 Å². The van der Waals surface area contributed by atoms with Crippen LogP contribution in [0.4, 0.5) is 0 Å². The average Bonchev–Trinajstić information content (AvgIpc) is 2.31. The fourth-order valence-electron chi connectivity index (χ4n) is 1.15. The predicted octanol–water partition coefficient (Wildman–Crippen LogP) is 1.82. The van der Waals surface area contributed by atoms with Gasteiger partial charge in [-0.2, -0.15) is 0 Å². The van der Waals surface area contributed by atoms with Gasteiger partial charge in [0.05, 0.1) is 0 Å². The number of carbonyl (C=O) groups is 1. The smallest absolute Gasteiger partial charge is 0.145 e. The molecule has 0 radical (unpaired) electrons. The Morgan fingerprint density at radius 3 is 2.00 bits per heavy atom. The van der Waals surface area contributed by atoms with Gasteiger partial charge < -0.3 is 19.0 Å². The maximum absolute atomic E-state index is 9.92. The fourth-order valence-corrected chi connectivity index (χ4v) is 1.15. The number of carbonyl (C=O) groups excluding carboxylic acids is 1. The second-order valence-corrected chi connectivity index (χ2v) is 3.53. The number of ether oxygens (including phenoxy) is 3. The second-order valence-electron chi connectivity index (χ2n) is 3.53. The zero-order valence-corrected chi connectivity index (χ0v) is 10.3. The van der Waals surface area contributed by atoms with E-state index in [1.54, 1.807) is 0 Å². The van der Waals surface area contributed by atoms with Gasteiger partial charge in [-0.1, -0.05) is 6.92 Å². The highest BCUT2D eigenvalue weighted by molar-refractivity contribution is 5.50. The van der Waals surface area contributed by atoms with E-state index >= 15 is 0 Å². The molecule has 0 unspecified atom stereocenters. The van der Waals surface area contributed by atoms with Gasteiger partial charge in [-0.05, 0) is 25.7 Å².